The maximum atomic E-state index is 13.7. The molecule has 0 aliphatic carbocycles. The lowest BCUT2D eigenvalue weighted by atomic mass is 10.0. The number of benzene rings is 2. The summed E-state index contributed by atoms with van der Waals surface area (Å²) in [6.07, 6.45) is 3.67. The molecule has 166 valence electrons. The van der Waals surface area contributed by atoms with Gasteiger partial charge in [0.1, 0.15) is 11.5 Å². The van der Waals surface area contributed by atoms with Gasteiger partial charge in [-0.2, -0.15) is 5.10 Å². The number of carbonyl (C=O) groups is 1. The van der Waals surface area contributed by atoms with Gasteiger partial charge in [-0.1, -0.05) is 36.4 Å². The predicted octanol–water partition coefficient (Wildman–Crippen LogP) is 4.51. The molecule has 2 aromatic heterocycles. The Bertz CT molecular complexity index is 1260. The lowest BCUT2D eigenvalue weighted by molar-refractivity contribution is 0.0747. The monoisotopic (exact) mass is 437 g/mol. The first-order valence-corrected chi connectivity index (χ1v) is 11.3. The number of amides is 1. The molecule has 6 nitrogen and oxygen atoms in total. The quantitative estimate of drug-likeness (QED) is 0.471. The molecule has 6 heteroatoms. The molecule has 2 aromatic carbocycles. The van der Waals surface area contributed by atoms with E-state index in [1.807, 2.05) is 64.3 Å². The topological polar surface area (TPSA) is 54.3 Å². The van der Waals surface area contributed by atoms with Gasteiger partial charge in [-0.05, 0) is 55.3 Å². The smallest absolute Gasteiger partial charge is 0.257 e. The van der Waals surface area contributed by atoms with Gasteiger partial charge in [-0.3, -0.25) is 4.79 Å². The van der Waals surface area contributed by atoms with Gasteiger partial charge in [0.2, 0.25) is 0 Å². The standard InChI is InChI=1S/C27H27N5O/c1-20-11-12-22(18-21(20)2)26-24(19-32(29-26)23-8-4-3-5-9-23)27(33)31-16-14-30(15-17-31)25-10-6-7-13-28-25/h3-13,18-19H,14-17H2,1-2H3. The fourth-order valence-electron chi connectivity index (χ4n) is 4.20. The SMILES string of the molecule is Cc1ccc(-c2nn(-c3ccccc3)cc2C(=O)N2CCN(c3ccccn3)CC2)cc1C. The van der Waals surface area contributed by atoms with Crippen LogP contribution in [0.15, 0.2) is 79.1 Å². The summed E-state index contributed by atoms with van der Waals surface area (Å²) in [7, 11) is 0. The number of hydrogen-bond donors (Lipinski definition) is 0. The molecule has 33 heavy (non-hydrogen) atoms. The maximum Gasteiger partial charge on any atom is 0.257 e. The van der Waals surface area contributed by atoms with Crippen molar-refractivity contribution >= 4 is 11.7 Å². The lowest BCUT2D eigenvalue weighted by Crippen LogP contribution is -2.49. The second kappa shape index (κ2) is 8.90. The third kappa shape index (κ3) is 4.24. The molecule has 4 aromatic rings. The molecule has 1 fully saturated rings. The number of rotatable bonds is 4. The van der Waals surface area contributed by atoms with Gasteiger partial charge in [-0.15, -0.1) is 0 Å². The van der Waals surface area contributed by atoms with Crippen molar-refractivity contribution in [1.29, 1.82) is 0 Å². The van der Waals surface area contributed by atoms with E-state index in [9.17, 15) is 4.79 Å². The maximum absolute atomic E-state index is 13.7. The van der Waals surface area contributed by atoms with Crippen LogP contribution < -0.4 is 4.90 Å². The molecule has 0 saturated carbocycles. The van der Waals surface area contributed by atoms with Gasteiger partial charge >= 0.3 is 0 Å². The van der Waals surface area contributed by atoms with Crippen molar-refractivity contribution in [3.8, 4) is 16.9 Å². The number of carbonyl (C=O) groups excluding carboxylic acids is 1. The van der Waals surface area contributed by atoms with Crippen LogP contribution in [0, 0.1) is 13.8 Å². The van der Waals surface area contributed by atoms with Crippen molar-refractivity contribution in [3.63, 3.8) is 0 Å². The zero-order valence-electron chi connectivity index (χ0n) is 19.0. The highest BCUT2D eigenvalue weighted by atomic mass is 16.2. The average Bonchev–Trinajstić information content (AvgIpc) is 3.32. The second-order valence-electron chi connectivity index (χ2n) is 8.44. The molecule has 5 rings (SSSR count). The molecule has 0 spiro atoms. The third-order valence-corrected chi connectivity index (χ3v) is 6.29. The molecular formula is C27H27N5O. The summed E-state index contributed by atoms with van der Waals surface area (Å²) in [6, 6.07) is 22.1. The molecule has 1 saturated heterocycles. The third-order valence-electron chi connectivity index (χ3n) is 6.29. The highest BCUT2D eigenvalue weighted by Gasteiger charge is 2.27. The lowest BCUT2D eigenvalue weighted by Gasteiger charge is -2.35. The Labute approximate surface area is 194 Å². The normalized spacial score (nSPS) is 13.9. The number of para-hydroxylation sites is 1. The van der Waals surface area contributed by atoms with Crippen LogP contribution in [0.3, 0.4) is 0 Å². The Hall–Kier alpha value is -3.93. The first-order valence-electron chi connectivity index (χ1n) is 11.3. The molecule has 0 unspecified atom stereocenters. The highest BCUT2D eigenvalue weighted by molar-refractivity contribution is 6.00. The van der Waals surface area contributed by atoms with Crippen LogP contribution in [0.4, 0.5) is 5.82 Å². The molecule has 0 N–H and O–H groups in total. The summed E-state index contributed by atoms with van der Waals surface area (Å²) < 4.78 is 1.81. The summed E-state index contributed by atoms with van der Waals surface area (Å²) >= 11 is 0. The van der Waals surface area contributed by atoms with Gasteiger partial charge in [0.25, 0.3) is 5.91 Å². The van der Waals surface area contributed by atoms with E-state index in [1.54, 1.807) is 6.20 Å². The molecule has 0 atom stereocenters. The average molecular weight is 438 g/mol. The van der Waals surface area contributed by atoms with E-state index in [-0.39, 0.29) is 5.91 Å². The van der Waals surface area contributed by atoms with Crippen LogP contribution in [0.5, 0.6) is 0 Å². The summed E-state index contributed by atoms with van der Waals surface area (Å²) in [6.45, 7) is 7.00. The molecule has 1 aliphatic heterocycles. The van der Waals surface area contributed by atoms with Gasteiger partial charge in [-0.25, -0.2) is 9.67 Å². The molecular weight excluding hydrogens is 410 g/mol. The Balaban J connectivity index is 1.45. The van der Waals surface area contributed by atoms with E-state index in [0.717, 1.165) is 35.9 Å². The van der Waals surface area contributed by atoms with Crippen molar-refractivity contribution in [2.24, 2.45) is 0 Å². The van der Waals surface area contributed by atoms with E-state index >= 15 is 0 Å². The minimum Gasteiger partial charge on any atom is -0.353 e. The Morgan fingerprint density at radius 1 is 0.848 bits per heavy atom. The zero-order chi connectivity index (χ0) is 22.8. The second-order valence-corrected chi connectivity index (χ2v) is 8.44. The van der Waals surface area contributed by atoms with Crippen molar-refractivity contribution in [3.05, 3.63) is 95.8 Å². The van der Waals surface area contributed by atoms with E-state index in [1.165, 1.54) is 11.1 Å². The van der Waals surface area contributed by atoms with Crippen LogP contribution >= 0.6 is 0 Å². The first kappa shape index (κ1) is 20.9. The number of piperazine rings is 1. The minimum atomic E-state index is 0.0195. The van der Waals surface area contributed by atoms with Crippen molar-refractivity contribution in [2.45, 2.75) is 13.8 Å². The van der Waals surface area contributed by atoms with Crippen LogP contribution in [-0.4, -0.2) is 51.8 Å². The summed E-state index contributed by atoms with van der Waals surface area (Å²) in [5.74, 6) is 0.975. The Kier molecular flexibility index (Phi) is 5.65. The minimum absolute atomic E-state index is 0.0195. The van der Waals surface area contributed by atoms with Crippen LogP contribution in [-0.2, 0) is 0 Å². The number of aryl methyl sites for hydroxylation is 2. The summed E-state index contributed by atoms with van der Waals surface area (Å²) in [5.41, 5.74) is 5.65. The number of nitrogens with zero attached hydrogens (tertiary/aromatic N) is 5. The highest BCUT2D eigenvalue weighted by Crippen LogP contribution is 2.27. The van der Waals surface area contributed by atoms with Gasteiger partial charge in [0.15, 0.2) is 0 Å². The number of aromatic nitrogens is 3. The Morgan fingerprint density at radius 2 is 1.61 bits per heavy atom. The van der Waals surface area contributed by atoms with Crippen LogP contribution in [0.25, 0.3) is 16.9 Å². The van der Waals surface area contributed by atoms with E-state index < -0.39 is 0 Å². The number of pyridine rings is 1. The molecule has 0 bridgehead atoms. The molecule has 1 amide bonds. The van der Waals surface area contributed by atoms with Gasteiger partial charge < -0.3 is 9.80 Å². The molecule has 3 heterocycles. The molecule has 1 aliphatic rings. The fourth-order valence-corrected chi connectivity index (χ4v) is 4.20. The van der Waals surface area contributed by atoms with Crippen LogP contribution in [0.1, 0.15) is 21.5 Å². The predicted molar refractivity (Wildman–Crippen MR) is 131 cm³/mol. The van der Waals surface area contributed by atoms with Gasteiger partial charge in [0, 0.05) is 44.1 Å². The van der Waals surface area contributed by atoms with Crippen LogP contribution in [0.2, 0.25) is 0 Å². The van der Waals surface area contributed by atoms with Crippen molar-refractivity contribution in [2.75, 3.05) is 31.1 Å². The zero-order valence-corrected chi connectivity index (χ0v) is 19.0. The van der Waals surface area contributed by atoms with Crippen molar-refractivity contribution in [1.82, 2.24) is 19.7 Å². The number of hydrogen-bond acceptors (Lipinski definition) is 4. The summed E-state index contributed by atoms with van der Waals surface area (Å²) in [4.78, 5) is 22.3. The molecule has 0 radical (unpaired) electrons. The Morgan fingerprint density at radius 3 is 2.30 bits per heavy atom. The van der Waals surface area contributed by atoms with E-state index in [2.05, 4.69) is 41.9 Å². The fraction of sp³-hybridized carbons (Fsp3) is 0.222. The van der Waals surface area contributed by atoms with E-state index in [4.69, 9.17) is 5.10 Å². The summed E-state index contributed by atoms with van der Waals surface area (Å²) in [5, 5.41) is 4.85. The van der Waals surface area contributed by atoms with E-state index in [0.29, 0.717) is 18.7 Å². The first-order chi connectivity index (χ1) is 16.1. The number of anilines is 1. The van der Waals surface area contributed by atoms with Gasteiger partial charge in [0.05, 0.1) is 11.3 Å². The largest absolute Gasteiger partial charge is 0.353 e. The van der Waals surface area contributed by atoms with Crippen molar-refractivity contribution < 1.29 is 4.79 Å².